The van der Waals surface area contributed by atoms with Crippen molar-refractivity contribution in [2.75, 3.05) is 11.1 Å². The first-order chi connectivity index (χ1) is 18.0. The first-order valence-electron chi connectivity index (χ1n) is 12.3. The van der Waals surface area contributed by atoms with Crippen LogP contribution in [-0.2, 0) is 20.7 Å². The van der Waals surface area contributed by atoms with Crippen LogP contribution < -0.4 is 11.1 Å². The highest BCUT2D eigenvalue weighted by atomic mass is 32.1. The molecule has 0 fully saturated rings. The third-order valence-electron chi connectivity index (χ3n) is 5.38. The second-order valence-electron chi connectivity index (χ2n) is 9.81. The van der Waals surface area contributed by atoms with E-state index in [2.05, 4.69) is 21.4 Å². The molecule has 1 unspecified atom stereocenters. The summed E-state index contributed by atoms with van der Waals surface area (Å²) in [7, 11) is 0. The number of nitrogen functional groups attached to an aromatic ring is 1. The zero-order valence-electron chi connectivity index (χ0n) is 22.0. The number of hydrogen-bond acceptors (Lipinski definition) is 9. The molecule has 0 aliphatic rings. The number of nitrogens with zero attached hydrogens (tertiary/aromatic N) is 4. The molecular formula is C28H32N6O3S. The Bertz CT molecular complexity index is 1350. The minimum absolute atomic E-state index is 0.0517. The van der Waals surface area contributed by atoms with Gasteiger partial charge >= 0.3 is 5.97 Å². The highest BCUT2D eigenvalue weighted by Crippen LogP contribution is 2.31. The number of carbonyl (C=O) groups excluding carboxylic acids is 2. The number of esters is 1. The van der Waals surface area contributed by atoms with Crippen LogP contribution >= 0.6 is 12.6 Å². The number of nitrogens with two attached hydrogens (primary N) is 1. The van der Waals surface area contributed by atoms with Gasteiger partial charge < -0.3 is 15.8 Å². The first-order valence-corrected chi connectivity index (χ1v) is 12.8. The van der Waals surface area contributed by atoms with Crippen LogP contribution in [0.25, 0.3) is 11.3 Å². The Morgan fingerprint density at radius 1 is 1.11 bits per heavy atom. The van der Waals surface area contributed by atoms with Crippen molar-refractivity contribution in [3.05, 3.63) is 65.2 Å². The highest BCUT2D eigenvalue weighted by molar-refractivity contribution is 7.80. The number of benzene rings is 1. The van der Waals surface area contributed by atoms with Gasteiger partial charge in [-0.1, -0.05) is 18.2 Å². The van der Waals surface area contributed by atoms with Crippen LogP contribution in [-0.4, -0.2) is 32.4 Å². The van der Waals surface area contributed by atoms with Crippen LogP contribution in [0.2, 0.25) is 0 Å². The van der Waals surface area contributed by atoms with Gasteiger partial charge in [-0.2, -0.15) is 17.9 Å². The maximum atomic E-state index is 11.9. The van der Waals surface area contributed by atoms with Crippen molar-refractivity contribution in [3.63, 3.8) is 0 Å². The van der Waals surface area contributed by atoms with Gasteiger partial charge in [0.25, 0.3) is 0 Å². The quantitative estimate of drug-likeness (QED) is 0.198. The first kappa shape index (κ1) is 28.6. The van der Waals surface area contributed by atoms with Crippen LogP contribution in [0.1, 0.15) is 75.0 Å². The van der Waals surface area contributed by atoms with Gasteiger partial charge in [-0.05, 0) is 64.3 Å². The monoisotopic (exact) mass is 532 g/mol. The average molecular weight is 533 g/mol. The molecule has 3 rings (SSSR count). The van der Waals surface area contributed by atoms with Gasteiger partial charge in [0.2, 0.25) is 5.91 Å². The summed E-state index contributed by atoms with van der Waals surface area (Å²) in [4.78, 5) is 36.9. The van der Waals surface area contributed by atoms with E-state index >= 15 is 0 Å². The van der Waals surface area contributed by atoms with Crippen LogP contribution in [0.4, 0.5) is 11.5 Å². The highest BCUT2D eigenvalue weighted by Gasteiger charge is 2.21. The molecule has 1 aromatic carbocycles. The van der Waals surface area contributed by atoms with Gasteiger partial charge in [-0.3, -0.25) is 14.6 Å². The van der Waals surface area contributed by atoms with Crippen LogP contribution in [0.5, 0.6) is 0 Å². The molecule has 2 aromatic heterocycles. The lowest BCUT2D eigenvalue weighted by Crippen LogP contribution is -2.23. The minimum atomic E-state index is -0.579. The molecular weight excluding hydrogens is 500 g/mol. The van der Waals surface area contributed by atoms with Crippen molar-refractivity contribution in [2.24, 2.45) is 0 Å². The molecule has 0 radical (unpaired) electrons. The van der Waals surface area contributed by atoms with Crippen molar-refractivity contribution in [3.8, 4) is 17.3 Å². The summed E-state index contributed by atoms with van der Waals surface area (Å²) in [5.74, 6) is -0.0124. The molecule has 3 N–H and O–H groups in total. The minimum Gasteiger partial charge on any atom is -0.460 e. The number of ether oxygens (including phenoxy) is 1. The van der Waals surface area contributed by atoms with E-state index in [0.29, 0.717) is 47.7 Å². The number of anilines is 2. The number of aromatic nitrogens is 3. The Labute approximate surface area is 228 Å². The number of carbonyl (C=O) groups is 2. The summed E-state index contributed by atoms with van der Waals surface area (Å²) in [5.41, 5.74) is 8.97. The number of pyridine rings is 1. The van der Waals surface area contributed by atoms with E-state index in [4.69, 9.17) is 28.1 Å². The average Bonchev–Trinajstić information content (AvgIpc) is 2.85. The fraction of sp³-hybridized carbons (Fsp3) is 0.357. The van der Waals surface area contributed by atoms with Crippen molar-refractivity contribution in [1.29, 1.82) is 5.26 Å². The molecule has 0 bridgehead atoms. The number of amides is 1. The van der Waals surface area contributed by atoms with Gasteiger partial charge in [-0.25, -0.2) is 9.97 Å². The molecule has 198 valence electrons. The summed E-state index contributed by atoms with van der Waals surface area (Å²) in [6, 6.07) is 14.7. The summed E-state index contributed by atoms with van der Waals surface area (Å²) in [6.07, 6.45) is 2.54. The standard InChI is InChI=1S/C28H32N6O3S/c1-17(35)31-20-14-12-18(13-15-20)24-21(16-29)26(30)34-27(33-24)25(38)22-10-7-9-19(32-22)8-5-6-11-23(36)37-28(2,3)4/h7,9-10,12-15,25,38H,5-6,8,11H2,1-4H3,(H,31,35)(H2,30,33,34). The normalized spacial score (nSPS) is 11.9. The number of unbranched alkanes of at least 4 members (excludes halogenated alkanes) is 1. The molecule has 1 amide bonds. The van der Waals surface area contributed by atoms with Crippen molar-refractivity contribution < 1.29 is 14.3 Å². The van der Waals surface area contributed by atoms with Crippen molar-refractivity contribution in [1.82, 2.24) is 15.0 Å². The second kappa shape index (κ2) is 12.5. The summed E-state index contributed by atoms with van der Waals surface area (Å²) in [5, 5.41) is 11.8. The topological polar surface area (TPSA) is 144 Å². The van der Waals surface area contributed by atoms with Crippen molar-refractivity contribution in [2.45, 2.75) is 64.2 Å². The fourth-order valence-corrected chi connectivity index (χ4v) is 4.00. The van der Waals surface area contributed by atoms with E-state index in [1.807, 2.05) is 39.0 Å². The van der Waals surface area contributed by atoms with Crippen LogP contribution in [0.15, 0.2) is 42.5 Å². The molecule has 0 aliphatic carbocycles. The number of hydrogen-bond donors (Lipinski definition) is 3. The Morgan fingerprint density at radius 3 is 2.45 bits per heavy atom. The maximum Gasteiger partial charge on any atom is 0.306 e. The molecule has 2 heterocycles. The molecule has 0 saturated carbocycles. The van der Waals surface area contributed by atoms with Gasteiger partial charge in [0, 0.05) is 30.3 Å². The zero-order chi connectivity index (χ0) is 27.9. The molecule has 9 nitrogen and oxygen atoms in total. The molecule has 0 saturated heterocycles. The van der Waals surface area contributed by atoms with E-state index in [9.17, 15) is 14.9 Å². The van der Waals surface area contributed by atoms with Gasteiger partial charge in [0.1, 0.15) is 34.1 Å². The third kappa shape index (κ3) is 8.02. The summed E-state index contributed by atoms with van der Waals surface area (Å²) < 4.78 is 5.35. The number of nitrogens with one attached hydrogen (secondary N) is 1. The largest absolute Gasteiger partial charge is 0.460 e. The second-order valence-corrected chi connectivity index (χ2v) is 10.3. The Hall–Kier alpha value is -3.97. The fourth-order valence-electron chi connectivity index (χ4n) is 3.74. The molecule has 0 aliphatic heterocycles. The lowest BCUT2D eigenvalue weighted by Gasteiger charge is -2.19. The van der Waals surface area contributed by atoms with E-state index < -0.39 is 10.9 Å². The van der Waals surface area contributed by atoms with Gasteiger partial charge in [0.15, 0.2) is 0 Å². The Kier molecular flexibility index (Phi) is 9.42. The predicted octanol–water partition coefficient (Wildman–Crippen LogP) is 5.02. The molecule has 3 aromatic rings. The zero-order valence-corrected chi connectivity index (χ0v) is 22.9. The van der Waals surface area contributed by atoms with E-state index in [0.717, 1.165) is 12.1 Å². The summed E-state index contributed by atoms with van der Waals surface area (Å²) >= 11 is 4.72. The van der Waals surface area contributed by atoms with Crippen molar-refractivity contribution >= 4 is 36.0 Å². The number of nitriles is 1. The molecule has 1 atom stereocenters. The maximum absolute atomic E-state index is 11.9. The molecule has 0 spiro atoms. The predicted molar refractivity (Wildman–Crippen MR) is 149 cm³/mol. The lowest BCUT2D eigenvalue weighted by molar-refractivity contribution is -0.154. The molecule has 38 heavy (non-hydrogen) atoms. The van der Waals surface area contributed by atoms with Crippen LogP contribution in [0, 0.1) is 11.3 Å². The van der Waals surface area contributed by atoms with Gasteiger partial charge in [-0.15, -0.1) is 0 Å². The SMILES string of the molecule is CC(=O)Nc1ccc(-c2nc(C(S)c3cccc(CCCCC(=O)OC(C)(C)C)n3)nc(N)c2C#N)cc1. The smallest absolute Gasteiger partial charge is 0.306 e. The summed E-state index contributed by atoms with van der Waals surface area (Å²) in [6.45, 7) is 6.99. The Morgan fingerprint density at radius 2 is 1.82 bits per heavy atom. The number of rotatable bonds is 9. The third-order valence-corrected chi connectivity index (χ3v) is 5.88. The number of thiol groups is 1. The number of aryl methyl sites for hydroxylation is 1. The molecule has 10 heteroatoms. The van der Waals surface area contributed by atoms with E-state index in [1.54, 1.807) is 24.3 Å². The lowest BCUT2D eigenvalue weighted by atomic mass is 10.1. The Balaban J connectivity index is 1.76. The van der Waals surface area contributed by atoms with E-state index in [-0.39, 0.29) is 23.3 Å². The van der Waals surface area contributed by atoms with E-state index in [1.165, 1.54) is 6.92 Å². The van der Waals surface area contributed by atoms with Gasteiger partial charge in [0.05, 0.1) is 11.4 Å². The van der Waals surface area contributed by atoms with Crippen LogP contribution in [0.3, 0.4) is 0 Å².